The van der Waals surface area contributed by atoms with Crippen molar-refractivity contribution in [3.05, 3.63) is 50.8 Å². The molecule has 6 nitrogen and oxygen atoms in total. The molecule has 0 saturated carbocycles. The molecule has 1 atom stereocenters. The van der Waals surface area contributed by atoms with Gasteiger partial charge in [-0.3, -0.25) is 19.5 Å². The van der Waals surface area contributed by atoms with Gasteiger partial charge in [0.2, 0.25) is 11.0 Å². The molecule has 142 valence electrons. The van der Waals surface area contributed by atoms with Crippen molar-refractivity contribution in [1.82, 2.24) is 14.8 Å². The Bertz CT molecular complexity index is 1050. The van der Waals surface area contributed by atoms with Crippen molar-refractivity contribution < 1.29 is 4.79 Å². The van der Waals surface area contributed by atoms with Gasteiger partial charge in [-0.15, -0.1) is 10.2 Å². The molecule has 0 aliphatic heterocycles. The van der Waals surface area contributed by atoms with Crippen molar-refractivity contribution >= 4 is 33.3 Å². The van der Waals surface area contributed by atoms with E-state index in [0.29, 0.717) is 11.6 Å². The molecule has 27 heavy (non-hydrogen) atoms. The first kappa shape index (κ1) is 19.2. The van der Waals surface area contributed by atoms with Crippen molar-refractivity contribution in [1.29, 1.82) is 0 Å². The lowest BCUT2D eigenvalue weighted by Gasteiger charge is -2.21. The number of carbonyl (C=O) groups is 1. The Kier molecular flexibility index (Phi) is 5.41. The SMILES string of the molecule is CCC(C(=O)Nc1nnc(C(C)C)s1)n1c(=O)cc(C)c2cccc(C)c21. The molecular weight excluding hydrogens is 360 g/mol. The van der Waals surface area contributed by atoms with E-state index >= 15 is 0 Å². The highest BCUT2D eigenvalue weighted by Gasteiger charge is 2.24. The Labute approximate surface area is 162 Å². The summed E-state index contributed by atoms with van der Waals surface area (Å²) >= 11 is 1.36. The highest BCUT2D eigenvalue weighted by molar-refractivity contribution is 7.15. The second kappa shape index (κ2) is 7.60. The lowest BCUT2D eigenvalue weighted by molar-refractivity contribution is -0.119. The average molecular weight is 385 g/mol. The van der Waals surface area contributed by atoms with Gasteiger partial charge < -0.3 is 0 Å². The largest absolute Gasteiger partial charge is 0.299 e. The molecule has 3 rings (SSSR count). The van der Waals surface area contributed by atoms with Crippen LogP contribution in [0.5, 0.6) is 0 Å². The van der Waals surface area contributed by atoms with Gasteiger partial charge in [0, 0.05) is 17.4 Å². The van der Waals surface area contributed by atoms with Crippen molar-refractivity contribution in [3.8, 4) is 0 Å². The van der Waals surface area contributed by atoms with E-state index in [-0.39, 0.29) is 17.4 Å². The first-order valence-electron chi connectivity index (χ1n) is 9.09. The number of amides is 1. The summed E-state index contributed by atoms with van der Waals surface area (Å²) in [5, 5.41) is 13.3. The summed E-state index contributed by atoms with van der Waals surface area (Å²) in [7, 11) is 0. The van der Waals surface area contributed by atoms with E-state index in [1.54, 1.807) is 10.6 Å². The van der Waals surface area contributed by atoms with Crippen molar-refractivity contribution in [3.63, 3.8) is 0 Å². The molecule has 7 heteroatoms. The van der Waals surface area contributed by atoms with E-state index in [1.807, 2.05) is 52.8 Å². The smallest absolute Gasteiger partial charge is 0.252 e. The third-order valence-electron chi connectivity index (χ3n) is 4.65. The van der Waals surface area contributed by atoms with E-state index in [9.17, 15) is 9.59 Å². The fraction of sp³-hybridized carbons (Fsp3) is 0.400. The number of nitrogens with zero attached hydrogens (tertiary/aromatic N) is 3. The summed E-state index contributed by atoms with van der Waals surface area (Å²) in [4.78, 5) is 25.8. The van der Waals surface area contributed by atoms with Crippen LogP contribution < -0.4 is 10.9 Å². The van der Waals surface area contributed by atoms with Crippen LogP contribution >= 0.6 is 11.3 Å². The van der Waals surface area contributed by atoms with E-state index in [0.717, 1.165) is 27.0 Å². The number of rotatable bonds is 5. The van der Waals surface area contributed by atoms with Gasteiger partial charge in [0.05, 0.1) is 5.52 Å². The van der Waals surface area contributed by atoms with Crippen LogP contribution in [0.25, 0.3) is 10.9 Å². The first-order chi connectivity index (χ1) is 12.8. The molecule has 1 aromatic carbocycles. The lowest BCUT2D eigenvalue weighted by atomic mass is 10.0. The molecule has 0 spiro atoms. The van der Waals surface area contributed by atoms with Crippen LogP contribution in [0.4, 0.5) is 5.13 Å². The summed E-state index contributed by atoms with van der Waals surface area (Å²) in [6.45, 7) is 9.84. The van der Waals surface area contributed by atoms with E-state index in [1.165, 1.54) is 11.3 Å². The predicted octanol–water partition coefficient (Wildman–Crippen LogP) is 4.18. The predicted molar refractivity (Wildman–Crippen MR) is 110 cm³/mol. The number of para-hydroxylation sites is 1. The Morgan fingerprint density at radius 1 is 1.22 bits per heavy atom. The molecule has 1 amide bonds. The van der Waals surface area contributed by atoms with Crippen LogP contribution in [0.3, 0.4) is 0 Å². The van der Waals surface area contributed by atoms with Crippen LogP contribution in [-0.4, -0.2) is 20.7 Å². The fourth-order valence-corrected chi connectivity index (χ4v) is 3.99. The first-order valence-corrected chi connectivity index (χ1v) is 9.90. The molecule has 2 heterocycles. The second-order valence-corrected chi connectivity index (χ2v) is 8.03. The van der Waals surface area contributed by atoms with E-state index < -0.39 is 6.04 Å². The zero-order valence-corrected chi connectivity index (χ0v) is 17.1. The molecule has 3 aromatic rings. The van der Waals surface area contributed by atoms with Crippen LogP contribution in [0.2, 0.25) is 0 Å². The summed E-state index contributed by atoms with van der Waals surface area (Å²) in [6, 6.07) is 6.89. The second-order valence-electron chi connectivity index (χ2n) is 7.02. The molecule has 1 N–H and O–H groups in total. The quantitative estimate of drug-likeness (QED) is 0.716. The maximum atomic E-state index is 13.0. The van der Waals surface area contributed by atoms with Crippen molar-refractivity contribution in [2.45, 2.75) is 53.0 Å². The molecule has 0 saturated heterocycles. The van der Waals surface area contributed by atoms with Crippen LogP contribution in [0, 0.1) is 13.8 Å². The minimum Gasteiger partial charge on any atom is -0.299 e. The highest BCUT2D eigenvalue weighted by atomic mass is 32.1. The van der Waals surface area contributed by atoms with Crippen LogP contribution in [0.15, 0.2) is 29.1 Å². The van der Waals surface area contributed by atoms with E-state index in [2.05, 4.69) is 15.5 Å². The average Bonchev–Trinajstić information content (AvgIpc) is 3.07. The summed E-state index contributed by atoms with van der Waals surface area (Å²) < 4.78 is 1.61. The number of aromatic nitrogens is 3. The third-order valence-corrected chi connectivity index (χ3v) is 5.79. The summed E-state index contributed by atoms with van der Waals surface area (Å²) in [6.07, 6.45) is 0.494. The molecule has 0 radical (unpaired) electrons. The van der Waals surface area contributed by atoms with Gasteiger partial charge in [-0.1, -0.05) is 50.3 Å². The molecule has 2 aromatic heterocycles. The van der Waals surface area contributed by atoms with E-state index in [4.69, 9.17) is 0 Å². The van der Waals surface area contributed by atoms with Gasteiger partial charge in [-0.2, -0.15) is 0 Å². The Balaban J connectivity index is 2.05. The monoisotopic (exact) mass is 384 g/mol. The molecule has 0 bridgehead atoms. The maximum Gasteiger partial charge on any atom is 0.252 e. The lowest BCUT2D eigenvalue weighted by Crippen LogP contribution is -2.33. The highest BCUT2D eigenvalue weighted by Crippen LogP contribution is 2.26. The summed E-state index contributed by atoms with van der Waals surface area (Å²) in [5.74, 6) is 0.000831. The molecular formula is C20H24N4O2S. The summed E-state index contributed by atoms with van der Waals surface area (Å²) in [5.41, 5.74) is 2.52. The Morgan fingerprint density at radius 2 is 1.96 bits per heavy atom. The molecule has 0 aliphatic rings. The number of carbonyl (C=O) groups excluding carboxylic acids is 1. The number of pyridine rings is 1. The number of benzene rings is 1. The zero-order valence-electron chi connectivity index (χ0n) is 16.2. The number of hydrogen-bond acceptors (Lipinski definition) is 5. The van der Waals surface area contributed by atoms with Crippen molar-refractivity contribution in [2.75, 3.05) is 5.32 Å². The fourth-order valence-electron chi connectivity index (χ4n) is 3.24. The van der Waals surface area contributed by atoms with Crippen LogP contribution in [-0.2, 0) is 4.79 Å². The molecule has 0 aliphatic carbocycles. The molecule has 0 fully saturated rings. The number of nitrogens with one attached hydrogen (secondary N) is 1. The number of fused-ring (bicyclic) bond motifs is 1. The number of anilines is 1. The Morgan fingerprint density at radius 3 is 2.59 bits per heavy atom. The van der Waals surface area contributed by atoms with Gasteiger partial charge in [0.15, 0.2) is 0 Å². The number of hydrogen-bond donors (Lipinski definition) is 1. The van der Waals surface area contributed by atoms with Gasteiger partial charge in [0.1, 0.15) is 11.0 Å². The van der Waals surface area contributed by atoms with Crippen molar-refractivity contribution in [2.24, 2.45) is 0 Å². The minimum atomic E-state index is -0.618. The molecule has 1 unspecified atom stereocenters. The standard InChI is InChI=1S/C20H24N4O2S/c1-6-15(18(26)21-20-23-22-19(27-20)11(2)3)24-16(25)10-13(5)14-9-7-8-12(4)17(14)24/h7-11,15H,6H2,1-5H3,(H,21,23,26). The third kappa shape index (κ3) is 3.64. The van der Waals surface area contributed by atoms with Crippen LogP contribution in [0.1, 0.15) is 55.3 Å². The topological polar surface area (TPSA) is 76.9 Å². The Hall–Kier alpha value is -2.54. The van der Waals surface area contributed by atoms with Gasteiger partial charge >= 0.3 is 0 Å². The van der Waals surface area contributed by atoms with Gasteiger partial charge in [0.25, 0.3) is 5.56 Å². The zero-order chi connectivity index (χ0) is 19.7. The van der Waals surface area contributed by atoms with Gasteiger partial charge in [-0.05, 0) is 31.4 Å². The minimum absolute atomic E-state index is 0.170. The van der Waals surface area contributed by atoms with Gasteiger partial charge in [-0.25, -0.2) is 0 Å². The maximum absolute atomic E-state index is 13.0. The number of aryl methyl sites for hydroxylation is 2. The normalized spacial score (nSPS) is 12.5.